The first-order chi connectivity index (χ1) is 8.24. The third kappa shape index (κ3) is 1.73. The van der Waals surface area contributed by atoms with Crippen molar-refractivity contribution in [2.24, 2.45) is 0 Å². The van der Waals surface area contributed by atoms with Gasteiger partial charge in [0.25, 0.3) is 6.01 Å². The molecule has 1 aliphatic rings. The van der Waals surface area contributed by atoms with Crippen LogP contribution in [-0.2, 0) is 4.79 Å². The molecule has 1 amide bonds. The van der Waals surface area contributed by atoms with Crippen molar-refractivity contribution in [3.63, 3.8) is 0 Å². The summed E-state index contributed by atoms with van der Waals surface area (Å²) in [6, 6.07) is 7.74. The predicted octanol–water partition coefficient (Wildman–Crippen LogP) is 1.47. The average Bonchev–Trinajstić information content (AvgIpc) is 2.87. The number of benzene rings is 1. The number of carbonyl (C=O) groups is 1. The molecular formula is C12H13N3O2. The Balaban J connectivity index is 1.83. The van der Waals surface area contributed by atoms with Crippen molar-refractivity contribution in [2.75, 3.05) is 18.9 Å². The van der Waals surface area contributed by atoms with E-state index in [1.165, 1.54) is 0 Å². The topological polar surface area (TPSA) is 58.4 Å². The molecule has 0 bridgehead atoms. The van der Waals surface area contributed by atoms with Crippen LogP contribution in [0.25, 0.3) is 11.1 Å². The number of anilines is 1. The van der Waals surface area contributed by atoms with Crippen LogP contribution in [0.15, 0.2) is 28.7 Å². The van der Waals surface area contributed by atoms with Gasteiger partial charge in [-0.15, -0.1) is 0 Å². The van der Waals surface area contributed by atoms with Crippen molar-refractivity contribution in [1.82, 2.24) is 9.88 Å². The molecule has 1 aromatic heterocycles. The first-order valence-corrected chi connectivity index (χ1v) is 5.61. The molecule has 1 fully saturated rings. The zero-order valence-corrected chi connectivity index (χ0v) is 9.51. The second-order valence-electron chi connectivity index (χ2n) is 4.23. The Hall–Kier alpha value is -2.04. The lowest BCUT2D eigenvalue weighted by atomic mass is 10.2. The molecule has 2 heterocycles. The maximum absolute atomic E-state index is 11.7. The number of hydrogen-bond acceptors (Lipinski definition) is 4. The number of amides is 1. The molecule has 1 saturated heterocycles. The van der Waals surface area contributed by atoms with Crippen molar-refractivity contribution >= 4 is 23.0 Å². The molecule has 17 heavy (non-hydrogen) atoms. The summed E-state index contributed by atoms with van der Waals surface area (Å²) in [6.45, 7) is 0.775. The minimum atomic E-state index is -0.215. The first kappa shape index (κ1) is 10.1. The molecule has 1 aliphatic heterocycles. The summed E-state index contributed by atoms with van der Waals surface area (Å²) in [4.78, 5) is 17.7. The highest BCUT2D eigenvalue weighted by Crippen LogP contribution is 2.20. The van der Waals surface area contributed by atoms with Crippen molar-refractivity contribution in [2.45, 2.75) is 12.5 Å². The summed E-state index contributed by atoms with van der Waals surface area (Å²) in [6.07, 6.45) is 0.786. The summed E-state index contributed by atoms with van der Waals surface area (Å²) in [5.74, 6) is 0.0901. The molecule has 0 radical (unpaired) electrons. The maximum atomic E-state index is 11.7. The highest BCUT2D eigenvalue weighted by molar-refractivity contribution is 5.86. The van der Waals surface area contributed by atoms with Crippen LogP contribution in [0.4, 0.5) is 6.01 Å². The maximum Gasteiger partial charge on any atom is 0.296 e. The Kier molecular flexibility index (Phi) is 2.24. The average molecular weight is 231 g/mol. The van der Waals surface area contributed by atoms with Crippen molar-refractivity contribution < 1.29 is 9.21 Å². The Morgan fingerprint density at radius 2 is 2.29 bits per heavy atom. The van der Waals surface area contributed by atoms with E-state index in [2.05, 4.69) is 10.3 Å². The predicted molar refractivity (Wildman–Crippen MR) is 63.7 cm³/mol. The van der Waals surface area contributed by atoms with Crippen molar-refractivity contribution in [3.05, 3.63) is 24.3 Å². The fraction of sp³-hybridized carbons (Fsp3) is 0.333. The summed E-state index contributed by atoms with van der Waals surface area (Å²) in [5.41, 5.74) is 1.53. The molecule has 1 atom stereocenters. The highest BCUT2D eigenvalue weighted by Gasteiger charge is 2.29. The molecule has 0 spiro atoms. The Bertz CT molecular complexity index is 531. The summed E-state index contributed by atoms with van der Waals surface area (Å²) < 4.78 is 5.52. The van der Waals surface area contributed by atoms with E-state index < -0.39 is 0 Å². The Morgan fingerprint density at radius 1 is 1.47 bits per heavy atom. The van der Waals surface area contributed by atoms with Crippen LogP contribution in [0.5, 0.6) is 0 Å². The van der Waals surface area contributed by atoms with E-state index in [-0.39, 0.29) is 11.9 Å². The number of nitrogens with one attached hydrogen (secondary N) is 1. The third-order valence-corrected chi connectivity index (χ3v) is 3.02. The van der Waals surface area contributed by atoms with E-state index in [1.54, 1.807) is 11.9 Å². The van der Waals surface area contributed by atoms with Crippen LogP contribution in [-0.4, -0.2) is 35.4 Å². The summed E-state index contributed by atoms with van der Waals surface area (Å²) in [5, 5.41) is 3.04. The number of aromatic nitrogens is 1. The van der Waals surface area contributed by atoms with Gasteiger partial charge in [-0.05, 0) is 18.6 Å². The minimum Gasteiger partial charge on any atom is -0.424 e. The van der Waals surface area contributed by atoms with Gasteiger partial charge < -0.3 is 14.6 Å². The van der Waals surface area contributed by atoms with Crippen LogP contribution in [0.2, 0.25) is 0 Å². The van der Waals surface area contributed by atoms with Crippen molar-refractivity contribution in [3.8, 4) is 0 Å². The number of nitrogens with zero attached hydrogens (tertiary/aromatic N) is 2. The second-order valence-corrected chi connectivity index (χ2v) is 4.23. The molecule has 2 aromatic rings. The van der Waals surface area contributed by atoms with Crippen molar-refractivity contribution in [1.29, 1.82) is 0 Å². The Morgan fingerprint density at radius 3 is 3.00 bits per heavy atom. The first-order valence-electron chi connectivity index (χ1n) is 5.61. The van der Waals surface area contributed by atoms with Crippen LogP contribution in [0, 0.1) is 0 Å². The number of rotatable bonds is 2. The van der Waals surface area contributed by atoms with E-state index >= 15 is 0 Å². The van der Waals surface area contributed by atoms with Gasteiger partial charge in [-0.1, -0.05) is 12.1 Å². The molecule has 88 valence electrons. The number of likely N-dealkylation sites (tertiary alicyclic amines) is 1. The van der Waals surface area contributed by atoms with Gasteiger partial charge in [0, 0.05) is 13.6 Å². The zero-order chi connectivity index (χ0) is 11.8. The van der Waals surface area contributed by atoms with E-state index in [9.17, 15) is 4.79 Å². The molecule has 1 aromatic carbocycles. The number of carbonyl (C=O) groups excluding carboxylic acids is 1. The van der Waals surface area contributed by atoms with Gasteiger partial charge in [0.15, 0.2) is 5.58 Å². The van der Waals surface area contributed by atoms with Crippen LogP contribution in [0.1, 0.15) is 6.42 Å². The highest BCUT2D eigenvalue weighted by atomic mass is 16.4. The van der Waals surface area contributed by atoms with Gasteiger partial charge >= 0.3 is 0 Å². The lowest BCUT2D eigenvalue weighted by molar-refractivity contribution is -0.127. The van der Waals surface area contributed by atoms with Crippen LogP contribution >= 0.6 is 0 Å². The van der Waals surface area contributed by atoms with E-state index in [0.29, 0.717) is 6.01 Å². The summed E-state index contributed by atoms with van der Waals surface area (Å²) in [7, 11) is 1.80. The largest absolute Gasteiger partial charge is 0.424 e. The number of fused-ring (bicyclic) bond motifs is 1. The second kappa shape index (κ2) is 3.76. The minimum absolute atomic E-state index is 0.0901. The molecule has 1 unspecified atom stereocenters. The quantitative estimate of drug-likeness (QED) is 0.850. The smallest absolute Gasteiger partial charge is 0.296 e. The molecular weight excluding hydrogens is 218 g/mol. The number of para-hydroxylation sites is 2. The van der Waals surface area contributed by atoms with Gasteiger partial charge in [-0.25, -0.2) is 0 Å². The number of oxazole rings is 1. The normalized spacial score (nSPS) is 20.2. The van der Waals surface area contributed by atoms with Crippen LogP contribution < -0.4 is 5.32 Å². The van der Waals surface area contributed by atoms with Gasteiger partial charge in [0.2, 0.25) is 5.91 Å². The SMILES string of the molecule is CN1CCC(Nc2nc3ccccc3o2)C1=O. The molecule has 0 saturated carbocycles. The standard InChI is InChI=1S/C12H13N3O2/c1-15-7-6-9(11(15)16)14-12-13-8-4-2-3-5-10(8)17-12/h2-5,9H,6-7H2,1H3,(H,13,14). The molecule has 5 heteroatoms. The fourth-order valence-corrected chi connectivity index (χ4v) is 2.04. The zero-order valence-electron chi connectivity index (χ0n) is 9.51. The van der Waals surface area contributed by atoms with Gasteiger partial charge in [0.1, 0.15) is 11.6 Å². The van der Waals surface area contributed by atoms with Gasteiger partial charge in [0.05, 0.1) is 0 Å². The van der Waals surface area contributed by atoms with E-state index in [1.807, 2.05) is 24.3 Å². The van der Waals surface area contributed by atoms with E-state index in [4.69, 9.17) is 4.42 Å². The number of likely N-dealkylation sites (N-methyl/N-ethyl adjacent to an activating group) is 1. The fourth-order valence-electron chi connectivity index (χ4n) is 2.04. The van der Waals surface area contributed by atoms with Gasteiger partial charge in [-0.2, -0.15) is 4.98 Å². The molecule has 1 N–H and O–H groups in total. The third-order valence-electron chi connectivity index (χ3n) is 3.02. The Labute approximate surface area is 98.4 Å². The molecule has 5 nitrogen and oxygen atoms in total. The lowest BCUT2D eigenvalue weighted by Crippen LogP contribution is -2.30. The molecule has 0 aliphatic carbocycles. The monoisotopic (exact) mass is 231 g/mol. The number of hydrogen-bond donors (Lipinski definition) is 1. The lowest BCUT2D eigenvalue weighted by Gasteiger charge is -2.09. The molecule has 3 rings (SSSR count). The summed E-state index contributed by atoms with van der Waals surface area (Å²) >= 11 is 0. The van der Waals surface area contributed by atoms with Crippen LogP contribution in [0.3, 0.4) is 0 Å². The van der Waals surface area contributed by atoms with Gasteiger partial charge in [-0.3, -0.25) is 4.79 Å². The van der Waals surface area contributed by atoms with E-state index in [0.717, 1.165) is 24.1 Å².